The molecule has 3 heterocycles. The zero-order valence-corrected chi connectivity index (χ0v) is 28.9. The van der Waals surface area contributed by atoms with Crippen LogP contribution in [0, 0.1) is 0 Å². The van der Waals surface area contributed by atoms with Gasteiger partial charge < -0.3 is 4.57 Å². The molecule has 0 saturated carbocycles. The Hall–Kier alpha value is -6.98. The van der Waals surface area contributed by atoms with Crippen LogP contribution in [0.1, 0.15) is 17.7 Å². The molecule has 5 nitrogen and oxygen atoms in total. The first kappa shape index (κ1) is 30.8. The minimum atomic E-state index is 0.613. The third-order valence-electron chi connectivity index (χ3n) is 10.1. The lowest BCUT2D eigenvalue weighted by Gasteiger charge is -2.17. The van der Waals surface area contributed by atoms with Crippen LogP contribution < -0.4 is 0 Å². The van der Waals surface area contributed by atoms with E-state index in [0.29, 0.717) is 17.5 Å². The van der Waals surface area contributed by atoms with Crippen LogP contribution in [0.4, 0.5) is 0 Å². The first-order valence-electron chi connectivity index (χ1n) is 18.0. The van der Waals surface area contributed by atoms with Crippen LogP contribution in [0.5, 0.6) is 0 Å². The van der Waals surface area contributed by atoms with Crippen molar-refractivity contribution >= 4 is 27.9 Å². The highest BCUT2D eigenvalue weighted by molar-refractivity contribution is 5.96. The predicted octanol–water partition coefficient (Wildman–Crippen LogP) is 11.7. The van der Waals surface area contributed by atoms with Crippen LogP contribution in [0.15, 0.2) is 170 Å². The smallest absolute Gasteiger partial charge is 0.164 e. The first-order chi connectivity index (χ1) is 26.3. The third-order valence-corrected chi connectivity index (χ3v) is 10.1. The SMILES string of the molecule is C1=Cc2c(n(-c3cc(-c4nc(-c5ccccc5)nc(-c5ccc(-c6ccccc6)cc5)n4)cc(-c4cccc5cccnc45)c3)c3ccccc23)CC1. The number of allylic oxidation sites excluding steroid dienone is 1. The van der Waals surface area contributed by atoms with Crippen LogP contribution in [0.3, 0.4) is 0 Å². The number of rotatable bonds is 6. The second-order valence-corrected chi connectivity index (χ2v) is 13.4. The van der Waals surface area contributed by atoms with E-state index in [0.717, 1.165) is 62.8 Å². The Kier molecular flexibility index (Phi) is 7.54. The van der Waals surface area contributed by atoms with Gasteiger partial charge in [-0.25, -0.2) is 15.0 Å². The Balaban J connectivity index is 1.21. The summed E-state index contributed by atoms with van der Waals surface area (Å²) in [5.41, 5.74) is 13.0. The molecule has 5 heteroatoms. The van der Waals surface area contributed by atoms with Crippen LogP contribution in [0.2, 0.25) is 0 Å². The van der Waals surface area contributed by atoms with Gasteiger partial charge in [-0.2, -0.15) is 0 Å². The van der Waals surface area contributed by atoms with Crippen molar-refractivity contribution in [3.05, 3.63) is 181 Å². The highest BCUT2D eigenvalue weighted by Crippen LogP contribution is 2.38. The van der Waals surface area contributed by atoms with Crippen molar-refractivity contribution in [3.63, 3.8) is 0 Å². The number of nitrogens with zero attached hydrogens (tertiary/aromatic N) is 5. The van der Waals surface area contributed by atoms with Gasteiger partial charge in [-0.1, -0.05) is 140 Å². The third kappa shape index (κ3) is 5.60. The monoisotopic (exact) mass is 679 g/mol. The van der Waals surface area contributed by atoms with Crippen LogP contribution in [0.25, 0.3) is 90.0 Å². The van der Waals surface area contributed by atoms with E-state index in [1.807, 2.05) is 36.5 Å². The fraction of sp³-hybridized carbons (Fsp3) is 0.0417. The van der Waals surface area contributed by atoms with Crippen molar-refractivity contribution in [1.82, 2.24) is 24.5 Å². The summed E-state index contributed by atoms with van der Waals surface area (Å²) in [6.45, 7) is 0. The second-order valence-electron chi connectivity index (χ2n) is 13.4. The fourth-order valence-corrected chi connectivity index (χ4v) is 7.62. The molecule has 0 spiro atoms. The molecule has 250 valence electrons. The van der Waals surface area contributed by atoms with E-state index in [4.69, 9.17) is 19.9 Å². The van der Waals surface area contributed by atoms with Gasteiger partial charge in [-0.3, -0.25) is 4.98 Å². The lowest BCUT2D eigenvalue weighted by atomic mass is 9.98. The molecule has 6 aromatic carbocycles. The quantitative estimate of drug-likeness (QED) is 0.175. The summed E-state index contributed by atoms with van der Waals surface area (Å²) in [4.78, 5) is 20.3. The van der Waals surface area contributed by atoms with E-state index < -0.39 is 0 Å². The van der Waals surface area contributed by atoms with Gasteiger partial charge in [0.1, 0.15) is 0 Å². The summed E-state index contributed by atoms with van der Waals surface area (Å²) >= 11 is 0. The Morgan fingerprint density at radius 1 is 0.491 bits per heavy atom. The average Bonchev–Trinajstić information content (AvgIpc) is 3.58. The van der Waals surface area contributed by atoms with Crippen LogP contribution >= 0.6 is 0 Å². The standard InChI is InChI=1S/C48H33N5/c1-3-13-32(14-4-1)33-24-26-36(27-25-33)47-50-46(35-15-5-2-6-16-35)51-48(52-47)38-29-37(40-21-11-17-34-18-12-28-49-45(34)40)30-39(31-38)53-43-22-9-7-19-41(43)42-20-8-10-23-44(42)53/h1-9,11-22,24-31H,10,23H2. The lowest BCUT2D eigenvalue weighted by molar-refractivity contribution is 0.888. The molecule has 3 aromatic heterocycles. The zero-order valence-electron chi connectivity index (χ0n) is 28.9. The first-order valence-corrected chi connectivity index (χ1v) is 18.0. The summed E-state index contributed by atoms with van der Waals surface area (Å²) in [6.07, 6.45) is 8.40. The summed E-state index contributed by atoms with van der Waals surface area (Å²) in [5.74, 6) is 1.87. The number of hydrogen-bond acceptors (Lipinski definition) is 4. The van der Waals surface area contributed by atoms with Gasteiger partial charge in [0, 0.05) is 56.2 Å². The molecule has 9 aromatic rings. The Labute approximate surface area is 307 Å². The molecule has 0 amide bonds. The van der Waals surface area contributed by atoms with Crippen molar-refractivity contribution in [3.8, 4) is 62.1 Å². The molecule has 10 rings (SSSR count). The number of benzene rings is 6. The molecule has 0 aliphatic heterocycles. The van der Waals surface area contributed by atoms with Gasteiger partial charge in [0.05, 0.1) is 11.0 Å². The topological polar surface area (TPSA) is 56.5 Å². The van der Waals surface area contributed by atoms with Crippen molar-refractivity contribution in [2.45, 2.75) is 12.8 Å². The van der Waals surface area contributed by atoms with Gasteiger partial charge in [0.2, 0.25) is 0 Å². The summed E-state index contributed by atoms with van der Waals surface area (Å²) in [7, 11) is 0. The summed E-state index contributed by atoms with van der Waals surface area (Å²) < 4.78 is 2.43. The molecule has 1 aliphatic carbocycles. The second kappa shape index (κ2) is 13.0. The van der Waals surface area contributed by atoms with Crippen molar-refractivity contribution in [2.75, 3.05) is 0 Å². The Bertz CT molecular complexity index is 2810. The van der Waals surface area contributed by atoms with Crippen molar-refractivity contribution in [1.29, 1.82) is 0 Å². The zero-order chi connectivity index (χ0) is 35.1. The molecule has 53 heavy (non-hydrogen) atoms. The highest BCUT2D eigenvalue weighted by atomic mass is 15.0. The molecule has 0 bridgehead atoms. The van der Waals surface area contributed by atoms with E-state index in [2.05, 4.69) is 144 Å². The maximum absolute atomic E-state index is 5.21. The molecule has 0 saturated heterocycles. The molecule has 0 radical (unpaired) electrons. The summed E-state index contributed by atoms with van der Waals surface area (Å²) in [5, 5.41) is 2.35. The predicted molar refractivity (Wildman–Crippen MR) is 216 cm³/mol. The largest absolute Gasteiger partial charge is 0.313 e. The maximum atomic E-state index is 5.21. The minimum Gasteiger partial charge on any atom is -0.313 e. The van der Waals surface area contributed by atoms with Gasteiger partial charge in [0.15, 0.2) is 17.5 Å². The van der Waals surface area contributed by atoms with Crippen molar-refractivity contribution < 1.29 is 0 Å². The van der Waals surface area contributed by atoms with Crippen LogP contribution in [-0.2, 0) is 6.42 Å². The van der Waals surface area contributed by atoms with E-state index >= 15 is 0 Å². The molecular weight excluding hydrogens is 647 g/mol. The summed E-state index contributed by atoms with van der Waals surface area (Å²) in [6, 6.07) is 55.0. The van der Waals surface area contributed by atoms with Gasteiger partial charge >= 0.3 is 0 Å². The number of para-hydroxylation sites is 2. The molecular formula is C48H33N5. The number of aromatic nitrogens is 5. The van der Waals surface area contributed by atoms with E-state index in [-0.39, 0.29) is 0 Å². The molecule has 0 unspecified atom stereocenters. The fourth-order valence-electron chi connectivity index (χ4n) is 7.62. The molecule has 0 fully saturated rings. The van der Waals surface area contributed by atoms with Crippen molar-refractivity contribution in [2.24, 2.45) is 0 Å². The maximum Gasteiger partial charge on any atom is 0.164 e. The van der Waals surface area contributed by atoms with E-state index in [1.54, 1.807) is 0 Å². The van der Waals surface area contributed by atoms with E-state index in [1.165, 1.54) is 27.7 Å². The number of fused-ring (bicyclic) bond motifs is 4. The lowest BCUT2D eigenvalue weighted by Crippen LogP contribution is -2.05. The molecule has 0 atom stereocenters. The number of hydrogen-bond donors (Lipinski definition) is 0. The molecule has 0 N–H and O–H groups in total. The van der Waals surface area contributed by atoms with Gasteiger partial charge in [-0.15, -0.1) is 0 Å². The van der Waals surface area contributed by atoms with Gasteiger partial charge in [0.25, 0.3) is 0 Å². The highest BCUT2D eigenvalue weighted by Gasteiger charge is 2.21. The Morgan fingerprint density at radius 3 is 1.91 bits per heavy atom. The Morgan fingerprint density at radius 2 is 1.11 bits per heavy atom. The van der Waals surface area contributed by atoms with E-state index in [9.17, 15) is 0 Å². The minimum absolute atomic E-state index is 0.613. The number of pyridine rings is 1. The van der Waals surface area contributed by atoms with Crippen LogP contribution in [-0.4, -0.2) is 24.5 Å². The normalized spacial score (nSPS) is 12.3. The molecule has 1 aliphatic rings. The van der Waals surface area contributed by atoms with Gasteiger partial charge in [-0.05, 0) is 59.9 Å². The average molecular weight is 680 g/mol.